The first-order valence-electron chi connectivity index (χ1n) is 25.9. The summed E-state index contributed by atoms with van der Waals surface area (Å²) in [5.74, 6) is 1.89. The van der Waals surface area contributed by atoms with Crippen LogP contribution in [0.5, 0.6) is 0 Å². The summed E-state index contributed by atoms with van der Waals surface area (Å²) in [5.41, 5.74) is 0. The molecule has 72 heavy (non-hydrogen) atoms. The number of benzene rings is 2. The Morgan fingerprint density at radius 3 is 0.750 bits per heavy atom. The van der Waals surface area contributed by atoms with E-state index in [0.29, 0.717) is 198 Å². The van der Waals surface area contributed by atoms with Gasteiger partial charge in [0.05, 0.1) is 192 Å². The van der Waals surface area contributed by atoms with E-state index in [0.717, 1.165) is 17.5 Å². The normalized spacial score (nSPS) is 12.4. The molecular weight excluding hydrogens is 1000 g/mol. The molecule has 0 atom stereocenters. The fourth-order valence-corrected chi connectivity index (χ4v) is 22.1. The van der Waals surface area contributed by atoms with E-state index in [2.05, 4.69) is 93.4 Å². The molecule has 2 aromatic carbocycles. The van der Waals surface area contributed by atoms with Crippen LogP contribution in [0, 0.1) is 0 Å². The van der Waals surface area contributed by atoms with Crippen molar-refractivity contribution in [3.05, 3.63) is 60.7 Å². The Morgan fingerprint density at radius 1 is 0.292 bits per heavy atom. The molecule has 0 unspecified atom stereocenters. The molecule has 0 bridgehead atoms. The summed E-state index contributed by atoms with van der Waals surface area (Å²) in [6.07, 6.45) is 0. The number of hydrogen-bond donors (Lipinski definition) is 0. The maximum Gasteiger partial charge on any atom is 0.315 e. The molecule has 0 aromatic heterocycles. The van der Waals surface area contributed by atoms with Gasteiger partial charge in [-0.05, 0) is 61.8 Å². The van der Waals surface area contributed by atoms with Crippen LogP contribution in [0.15, 0.2) is 60.7 Å². The quantitative estimate of drug-likeness (QED) is 0.0619. The molecule has 0 saturated heterocycles. The summed E-state index contributed by atoms with van der Waals surface area (Å²) < 4.78 is 97.2. The molecule has 0 saturated carbocycles. The highest BCUT2D eigenvalue weighted by atomic mass is 32.2. The standard InChI is InChI=1S/C51H94O17SSi3/c1-7-52-18-19-53-20-21-54-22-23-55-24-25-56-26-27-57-28-29-58-30-31-59-32-33-60-34-35-61-36-37-62-38-39-63-40-41-64-42-43-65-44-45-66-46-47-69-48-49-72(6,67-70(2,3)50-14-10-8-11-15-50)68-71(4,5)51-16-12-9-13-17-51/h8-17H,7,18-49H2,1-6H3. The minimum atomic E-state index is -2.52. The lowest BCUT2D eigenvalue weighted by Crippen LogP contribution is -2.61. The van der Waals surface area contributed by atoms with Crippen molar-refractivity contribution in [2.75, 3.05) is 210 Å². The molecule has 0 aliphatic carbocycles. The van der Waals surface area contributed by atoms with Gasteiger partial charge in [-0.3, -0.25) is 0 Å². The number of rotatable bonds is 55. The van der Waals surface area contributed by atoms with Crippen molar-refractivity contribution in [2.45, 2.75) is 45.7 Å². The average molecular weight is 1100 g/mol. The molecule has 17 nitrogen and oxygen atoms in total. The van der Waals surface area contributed by atoms with Crippen LogP contribution in [0.25, 0.3) is 0 Å². The van der Waals surface area contributed by atoms with Gasteiger partial charge in [-0.1, -0.05) is 60.7 Å². The molecule has 0 radical (unpaired) electrons. The van der Waals surface area contributed by atoms with E-state index in [1.54, 1.807) is 0 Å². The molecule has 0 aliphatic rings. The number of ether oxygens (including phenoxy) is 15. The Balaban J connectivity index is 1.25. The second-order valence-electron chi connectivity index (χ2n) is 17.2. The van der Waals surface area contributed by atoms with Gasteiger partial charge in [0.25, 0.3) is 0 Å². The number of thioether (sulfide) groups is 1. The Morgan fingerprint density at radius 2 is 0.514 bits per heavy atom. The van der Waals surface area contributed by atoms with Gasteiger partial charge in [-0.25, -0.2) is 0 Å². The molecular formula is C51H94O17SSi3. The monoisotopic (exact) mass is 1090 g/mol. The van der Waals surface area contributed by atoms with E-state index in [1.165, 1.54) is 10.4 Å². The van der Waals surface area contributed by atoms with Gasteiger partial charge in [0.2, 0.25) is 16.6 Å². The van der Waals surface area contributed by atoms with Crippen molar-refractivity contribution in [3.63, 3.8) is 0 Å². The highest BCUT2D eigenvalue weighted by Gasteiger charge is 2.44. The van der Waals surface area contributed by atoms with Crippen LogP contribution in [0.1, 0.15) is 6.92 Å². The molecule has 0 spiro atoms. The minimum absolute atomic E-state index is 0.498. The first-order chi connectivity index (χ1) is 35.2. The summed E-state index contributed by atoms with van der Waals surface area (Å²) in [5, 5.41) is 2.60. The zero-order valence-electron chi connectivity index (χ0n) is 45.0. The molecule has 21 heteroatoms. The van der Waals surface area contributed by atoms with Crippen LogP contribution >= 0.6 is 11.8 Å². The third-order valence-corrected chi connectivity index (χ3v) is 23.8. The van der Waals surface area contributed by atoms with Crippen molar-refractivity contribution in [3.8, 4) is 0 Å². The highest BCUT2D eigenvalue weighted by Crippen LogP contribution is 2.26. The van der Waals surface area contributed by atoms with Crippen LogP contribution in [0.3, 0.4) is 0 Å². The van der Waals surface area contributed by atoms with Crippen molar-refractivity contribution in [1.29, 1.82) is 0 Å². The maximum atomic E-state index is 7.14. The first kappa shape index (κ1) is 66.9. The van der Waals surface area contributed by atoms with Crippen LogP contribution < -0.4 is 10.4 Å². The maximum absolute atomic E-state index is 7.14. The third kappa shape index (κ3) is 39.2. The van der Waals surface area contributed by atoms with E-state index < -0.39 is 25.2 Å². The van der Waals surface area contributed by atoms with E-state index in [-0.39, 0.29) is 0 Å². The summed E-state index contributed by atoms with van der Waals surface area (Å²) in [4.78, 5) is 0. The zero-order valence-corrected chi connectivity index (χ0v) is 48.8. The van der Waals surface area contributed by atoms with E-state index in [4.69, 9.17) is 79.3 Å². The lowest BCUT2D eigenvalue weighted by Gasteiger charge is -2.41. The average Bonchev–Trinajstić information content (AvgIpc) is 3.37. The summed E-state index contributed by atoms with van der Waals surface area (Å²) in [6.45, 7) is 29.3. The van der Waals surface area contributed by atoms with Crippen molar-refractivity contribution >= 4 is 47.3 Å². The Hall–Kier alpha value is -1.24. The SMILES string of the molecule is CCOCCOCCOCCOCCOCCOCCOCCOCCOCCOCCOCCOCCOCCOCCOCCSCC[Si](C)(O[Si](C)(C)c1ccccc1)O[Si](C)(C)c1ccccc1. The van der Waals surface area contributed by atoms with Crippen LogP contribution in [-0.2, 0) is 79.3 Å². The van der Waals surface area contributed by atoms with Gasteiger partial charge < -0.3 is 79.3 Å². The lowest BCUT2D eigenvalue weighted by atomic mass is 10.4. The van der Waals surface area contributed by atoms with Crippen LogP contribution in [0.2, 0.25) is 38.8 Å². The lowest BCUT2D eigenvalue weighted by molar-refractivity contribution is -0.0299. The van der Waals surface area contributed by atoms with Crippen molar-refractivity contribution in [1.82, 2.24) is 0 Å². The van der Waals surface area contributed by atoms with Gasteiger partial charge in [0.1, 0.15) is 0 Å². The molecule has 0 N–H and O–H groups in total. The molecule has 2 rings (SSSR count). The predicted octanol–water partition coefficient (Wildman–Crippen LogP) is 5.32. The van der Waals surface area contributed by atoms with Gasteiger partial charge in [-0.2, -0.15) is 11.8 Å². The molecule has 2 aromatic rings. The minimum Gasteiger partial charge on any atom is -0.432 e. The zero-order chi connectivity index (χ0) is 51.8. The summed E-state index contributed by atoms with van der Waals surface area (Å²) in [7, 11) is -6.87. The molecule has 0 fully saturated rings. The Labute approximate surface area is 440 Å². The molecule has 0 heterocycles. The largest absolute Gasteiger partial charge is 0.432 e. The van der Waals surface area contributed by atoms with Crippen LogP contribution in [-0.4, -0.2) is 235 Å². The second kappa shape index (κ2) is 47.0. The number of hydrogen-bond acceptors (Lipinski definition) is 18. The van der Waals surface area contributed by atoms with E-state index in [9.17, 15) is 0 Å². The molecule has 0 amide bonds. The second-order valence-corrected chi connectivity index (χ2v) is 30.0. The smallest absolute Gasteiger partial charge is 0.315 e. The van der Waals surface area contributed by atoms with Gasteiger partial charge in [-0.15, -0.1) is 0 Å². The molecule has 0 aliphatic heterocycles. The topological polar surface area (TPSA) is 157 Å². The van der Waals surface area contributed by atoms with Crippen molar-refractivity contribution < 1.29 is 79.3 Å². The third-order valence-electron chi connectivity index (χ3n) is 10.4. The Kier molecular flexibility index (Phi) is 43.7. The van der Waals surface area contributed by atoms with Crippen LogP contribution in [0.4, 0.5) is 0 Å². The van der Waals surface area contributed by atoms with Gasteiger partial charge in [0, 0.05) is 12.4 Å². The summed E-state index contributed by atoms with van der Waals surface area (Å²) >= 11 is 1.90. The Bertz CT molecular complexity index is 1390. The van der Waals surface area contributed by atoms with Crippen molar-refractivity contribution in [2.24, 2.45) is 0 Å². The first-order valence-corrected chi connectivity index (χ1v) is 35.4. The molecule has 418 valence electrons. The van der Waals surface area contributed by atoms with E-state index >= 15 is 0 Å². The fraction of sp³-hybridized carbons (Fsp3) is 0.765. The predicted molar refractivity (Wildman–Crippen MR) is 291 cm³/mol. The highest BCUT2D eigenvalue weighted by molar-refractivity contribution is 7.99. The van der Waals surface area contributed by atoms with Gasteiger partial charge in [0.15, 0.2) is 0 Å². The summed E-state index contributed by atoms with van der Waals surface area (Å²) in [6, 6.07) is 22.2. The van der Waals surface area contributed by atoms with E-state index in [1.807, 2.05) is 18.7 Å². The fourth-order valence-electron chi connectivity index (χ4n) is 6.70. The van der Waals surface area contributed by atoms with Gasteiger partial charge >= 0.3 is 8.56 Å².